The van der Waals surface area contributed by atoms with Crippen LogP contribution in [0.1, 0.15) is 73.8 Å². The summed E-state index contributed by atoms with van der Waals surface area (Å²) < 4.78 is 5.56. The standard InChI is InChI=1S/C31H38N4O4/c1-18(2)16-25(29(36)32-14-9-15-39-19(3)4)34-30(37)26-17-23-20-10-7-8-13-24(20)33-27(23)28-21-11-5-6-12-22(21)31(38)35(26)28/h5-8,10-13,18-19,25-26,28,33H,9,14-17H2,1-4H3,(H,32,36)(H,34,37)/t25-,26-,28?/m0/s1. The van der Waals surface area contributed by atoms with Crippen molar-refractivity contribution >= 4 is 28.6 Å². The van der Waals surface area contributed by atoms with Gasteiger partial charge in [-0.3, -0.25) is 14.4 Å². The monoisotopic (exact) mass is 530 g/mol. The number of aromatic amines is 1. The maximum atomic E-state index is 13.9. The van der Waals surface area contributed by atoms with Crippen LogP contribution in [0.2, 0.25) is 0 Å². The van der Waals surface area contributed by atoms with Gasteiger partial charge in [-0.05, 0) is 55.9 Å². The SMILES string of the molecule is CC(C)C[C@H](NC(=O)[C@@H]1Cc2c([nH]c3ccccc23)C2c3ccccc3C(=O)N21)C(=O)NCCCOC(C)C. The zero-order valence-corrected chi connectivity index (χ0v) is 23.1. The highest BCUT2D eigenvalue weighted by molar-refractivity contribution is 6.04. The van der Waals surface area contributed by atoms with E-state index in [1.165, 1.54) is 0 Å². The Labute approximate surface area is 229 Å². The number of para-hydroxylation sites is 1. The Morgan fingerprint density at radius 1 is 1.08 bits per heavy atom. The first-order valence-electron chi connectivity index (χ1n) is 14.0. The average Bonchev–Trinajstić information content (AvgIpc) is 3.42. The molecule has 206 valence electrons. The van der Waals surface area contributed by atoms with Gasteiger partial charge in [-0.2, -0.15) is 0 Å². The van der Waals surface area contributed by atoms with Crippen molar-refractivity contribution in [2.75, 3.05) is 13.2 Å². The van der Waals surface area contributed by atoms with E-state index in [2.05, 4.69) is 21.7 Å². The Balaban J connectivity index is 1.41. The minimum atomic E-state index is -0.733. The summed E-state index contributed by atoms with van der Waals surface area (Å²) in [6, 6.07) is 13.8. The number of nitrogens with zero attached hydrogens (tertiary/aromatic N) is 1. The number of hydrogen-bond donors (Lipinski definition) is 3. The first kappa shape index (κ1) is 26.9. The second-order valence-corrected chi connectivity index (χ2v) is 11.2. The third-order valence-corrected chi connectivity index (χ3v) is 7.57. The van der Waals surface area contributed by atoms with Crippen molar-refractivity contribution < 1.29 is 19.1 Å². The summed E-state index contributed by atoms with van der Waals surface area (Å²) >= 11 is 0. The zero-order valence-electron chi connectivity index (χ0n) is 23.1. The van der Waals surface area contributed by atoms with Gasteiger partial charge in [0.25, 0.3) is 5.91 Å². The molecule has 3 N–H and O–H groups in total. The van der Waals surface area contributed by atoms with E-state index in [4.69, 9.17) is 4.74 Å². The van der Waals surface area contributed by atoms with Crippen LogP contribution in [0.3, 0.4) is 0 Å². The summed E-state index contributed by atoms with van der Waals surface area (Å²) in [4.78, 5) is 46.0. The van der Waals surface area contributed by atoms with E-state index in [1.807, 2.05) is 70.2 Å². The predicted molar refractivity (Wildman–Crippen MR) is 150 cm³/mol. The maximum Gasteiger partial charge on any atom is 0.255 e. The minimum Gasteiger partial charge on any atom is -0.379 e. The third kappa shape index (κ3) is 5.30. The molecule has 0 aliphatic carbocycles. The number of amides is 3. The molecule has 8 nitrogen and oxygen atoms in total. The van der Waals surface area contributed by atoms with E-state index in [0.29, 0.717) is 38.0 Å². The molecule has 1 unspecified atom stereocenters. The summed E-state index contributed by atoms with van der Waals surface area (Å²) in [6.45, 7) is 9.04. The summed E-state index contributed by atoms with van der Waals surface area (Å²) in [5.74, 6) is -0.476. The normalized spacial score (nSPS) is 18.7. The molecule has 3 heterocycles. The van der Waals surface area contributed by atoms with E-state index < -0.39 is 12.1 Å². The molecular weight excluding hydrogens is 492 g/mol. The molecule has 2 aliphatic rings. The number of carbonyl (C=O) groups excluding carboxylic acids is 3. The Morgan fingerprint density at radius 3 is 2.59 bits per heavy atom. The molecule has 2 aliphatic heterocycles. The molecule has 2 aromatic carbocycles. The highest BCUT2D eigenvalue weighted by Crippen LogP contribution is 2.46. The van der Waals surface area contributed by atoms with Gasteiger partial charge >= 0.3 is 0 Å². The number of rotatable bonds is 10. The Morgan fingerprint density at radius 2 is 1.82 bits per heavy atom. The zero-order chi connectivity index (χ0) is 27.7. The molecule has 3 aromatic rings. The lowest BCUT2D eigenvalue weighted by Crippen LogP contribution is -2.56. The lowest BCUT2D eigenvalue weighted by Gasteiger charge is -2.37. The fourth-order valence-corrected chi connectivity index (χ4v) is 5.83. The van der Waals surface area contributed by atoms with Gasteiger partial charge in [-0.25, -0.2) is 0 Å². The highest BCUT2D eigenvalue weighted by atomic mass is 16.5. The molecule has 0 radical (unpaired) electrons. The summed E-state index contributed by atoms with van der Waals surface area (Å²) in [5, 5.41) is 7.03. The highest BCUT2D eigenvalue weighted by Gasteiger charge is 2.49. The quantitative estimate of drug-likeness (QED) is 0.344. The number of ether oxygens (including phenoxy) is 1. The number of aromatic nitrogens is 1. The minimum absolute atomic E-state index is 0.144. The van der Waals surface area contributed by atoms with Crippen molar-refractivity contribution in [2.45, 2.75) is 71.2 Å². The third-order valence-electron chi connectivity index (χ3n) is 7.57. The van der Waals surface area contributed by atoms with E-state index in [-0.39, 0.29) is 35.8 Å². The van der Waals surface area contributed by atoms with Gasteiger partial charge in [0.2, 0.25) is 11.8 Å². The predicted octanol–water partition coefficient (Wildman–Crippen LogP) is 4.10. The largest absolute Gasteiger partial charge is 0.379 e. The summed E-state index contributed by atoms with van der Waals surface area (Å²) in [5.41, 5.74) is 4.50. The number of benzene rings is 2. The molecule has 3 atom stereocenters. The van der Waals surface area contributed by atoms with Crippen LogP contribution < -0.4 is 10.6 Å². The Hall–Kier alpha value is -3.65. The van der Waals surface area contributed by atoms with E-state index in [9.17, 15) is 14.4 Å². The Kier molecular flexibility index (Phi) is 7.75. The van der Waals surface area contributed by atoms with Gasteiger partial charge in [0.05, 0.1) is 12.1 Å². The van der Waals surface area contributed by atoms with Crippen LogP contribution in [0.4, 0.5) is 0 Å². The first-order valence-corrected chi connectivity index (χ1v) is 14.0. The van der Waals surface area contributed by atoms with Gasteiger partial charge in [0.1, 0.15) is 12.1 Å². The van der Waals surface area contributed by atoms with Crippen LogP contribution in [-0.2, 0) is 20.7 Å². The van der Waals surface area contributed by atoms with Gasteiger partial charge in [0, 0.05) is 41.7 Å². The topological polar surface area (TPSA) is 104 Å². The van der Waals surface area contributed by atoms with Crippen molar-refractivity contribution in [2.24, 2.45) is 5.92 Å². The number of hydrogen-bond acceptors (Lipinski definition) is 4. The second kappa shape index (κ2) is 11.2. The van der Waals surface area contributed by atoms with Gasteiger partial charge in [-0.15, -0.1) is 0 Å². The van der Waals surface area contributed by atoms with E-state index in [0.717, 1.165) is 27.7 Å². The lowest BCUT2D eigenvalue weighted by molar-refractivity contribution is -0.132. The van der Waals surface area contributed by atoms with Crippen LogP contribution in [0, 0.1) is 5.92 Å². The second-order valence-electron chi connectivity index (χ2n) is 11.2. The van der Waals surface area contributed by atoms with Crippen molar-refractivity contribution in [1.82, 2.24) is 20.5 Å². The molecule has 3 amide bonds. The van der Waals surface area contributed by atoms with Crippen LogP contribution in [0.15, 0.2) is 48.5 Å². The molecule has 0 saturated heterocycles. The fraction of sp³-hybridized carbons (Fsp3) is 0.452. The van der Waals surface area contributed by atoms with Gasteiger partial charge in [-0.1, -0.05) is 50.2 Å². The summed E-state index contributed by atoms with van der Waals surface area (Å²) in [7, 11) is 0. The number of H-pyrrole nitrogens is 1. The molecule has 0 saturated carbocycles. The molecule has 39 heavy (non-hydrogen) atoms. The van der Waals surface area contributed by atoms with E-state index >= 15 is 0 Å². The molecule has 1 aromatic heterocycles. The Bertz CT molecular complexity index is 1380. The molecule has 5 rings (SSSR count). The number of carbonyl (C=O) groups is 3. The summed E-state index contributed by atoms with van der Waals surface area (Å²) in [6.07, 6.45) is 1.72. The molecular formula is C31H38N4O4. The lowest BCUT2D eigenvalue weighted by atomic mass is 9.89. The van der Waals surface area contributed by atoms with Gasteiger partial charge < -0.3 is 25.3 Å². The molecule has 0 spiro atoms. The molecule has 0 fully saturated rings. The van der Waals surface area contributed by atoms with Crippen molar-refractivity contribution in [3.8, 4) is 0 Å². The van der Waals surface area contributed by atoms with Crippen molar-refractivity contribution in [1.29, 1.82) is 0 Å². The number of nitrogens with one attached hydrogen (secondary N) is 3. The first-order chi connectivity index (χ1) is 18.8. The van der Waals surface area contributed by atoms with Crippen LogP contribution in [0.5, 0.6) is 0 Å². The molecule has 8 heteroatoms. The molecule has 0 bridgehead atoms. The van der Waals surface area contributed by atoms with Gasteiger partial charge in [0.15, 0.2) is 0 Å². The number of fused-ring (bicyclic) bond motifs is 7. The fourth-order valence-electron chi connectivity index (χ4n) is 5.83. The van der Waals surface area contributed by atoms with E-state index in [1.54, 1.807) is 4.90 Å². The van der Waals surface area contributed by atoms with Crippen LogP contribution in [-0.4, -0.2) is 58.9 Å². The van der Waals surface area contributed by atoms with Crippen molar-refractivity contribution in [3.05, 3.63) is 70.9 Å². The smallest absolute Gasteiger partial charge is 0.255 e. The van der Waals surface area contributed by atoms with Crippen molar-refractivity contribution in [3.63, 3.8) is 0 Å². The van der Waals surface area contributed by atoms with Crippen LogP contribution >= 0.6 is 0 Å². The van der Waals surface area contributed by atoms with Crippen LogP contribution in [0.25, 0.3) is 10.9 Å². The maximum absolute atomic E-state index is 13.9. The average molecular weight is 531 g/mol.